The highest BCUT2D eigenvalue weighted by Gasteiger charge is 2.62. The second-order valence-electron chi connectivity index (χ2n) is 6.72. The molecule has 23 heavy (non-hydrogen) atoms. The molecule has 5 heteroatoms. The highest BCUT2D eigenvalue weighted by atomic mass is 16.7. The van der Waals surface area contributed by atoms with Crippen molar-refractivity contribution in [2.24, 2.45) is 11.8 Å². The summed E-state index contributed by atoms with van der Waals surface area (Å²) in [5, 5.41) is 0. The Morgan fingerprint density at radius 1 is 1.30 bits per heavy atom. The molecule has 6 atom stereocenters. The molecule has 0 saturated carbocycles. The van der Waals surface area contributed by atoms with Gasteiger partial charge in [-0.25, -0.2) is 0 Å². The summed E-state index contributed by atoms with van der Waals surface area (Å²) in [5.74, 6) is -0.319. The number of rotatable bonds is 1. The summed E-state index contributed by atoms with van der Waals surface area (Å²) < 4.78 is 11.2. The average molecular weight is 311 g/mol. The Kier molecular flexibility index (Phi) is 2.65. The van der Waals surface area contributed by atoms with Crippen LogP contribution in [-0.2, 0) is 19.1 Å². The average Bonchev–Trinajstić information content (AvgIpc) is 3.13. The fourth-order valence-corrected chi connectivity index (χ4v) is 4.74. The third-order valence-electron chi connectivity index (χ3n) is 5.57. The van der Waals surface area contributed by atoms with Gasteiger partial charge >= 0.3 is 0 Å². The van der Waals surface area contributed by atoms with Crippen LogP contribution in [-0.4, -0.2) is 42.7 Å². The molecular weight excluding hydrogens is 294 g/mol. The zero-order valence-electron chi connectivity index (χ0n) is 12.7. The van der Waals surface area contributed by atoms with Gasteiger partial charge in [-0.1, -0.05) is 30.4 Å². The minimum Gasteiger partial charge on any atom is -0.353 e. The zero-order chi connectivity index (χ0) is 15.7. The number of ketones is 2. The minimum absolute atomic E-state index is 0.0217. The van der Waals surface area contributed by atoms with Crippen LogP contribution in [0.4, 0.5) is 5.69 Å². The molecule has 0 radical (unpaired) electrons. The van der Waals surface area contributed by atoms with Crippen molar-refractivity contribution in [2.75, 3.05) is 11.5 Å². The second kappa shape index (κ2) is 4.52. The first kappa shape index (κ1) is 13.5. The second-order valence-corrected chi connectivity index (χ2v) is 6.72. The SMILES string of the molecule is CC(=O)[C@@H]1[C@H]2[C@H](C(=O)[C@H]3OC[C@@H]2O3)[C@H]2C=Cc3ccccc3N21. The van der Waals surface area contributed by atoms with Crippen LogP contribution in [0, 0.1) is 11.8 Å². The van der Waals surface area contributed by atoms with Crippen molar-refractivity contribution in [1.82, 2.24) is 0 Å². The van der Waals surface area contributed by atoms with E-state index < -0.39 is 6.29 Å². The molecule has 4 aliphatic heterocycles. The van der Waals surface area contributed by atoms with Crippen molar-refractivity contribution in [1.29, 1.82) is 0 Å². The standard InChI is InChI=1S/C18H17NO4/c1-9(20)16-15-13-8-22-18(23-13)17(21)14(15)12-7-6-10-4-2-3-5-11(10)19(12)16/h2-7,12-16,18H,8H2,1H3/t12-,13+,14-,15-,16-,18+/m1/s1. The summed E-state index contributed by atoms with van der Waals surface area (Å²) in [6.45, 7) is 2.00. The van der Waals surface area contributed by atoms with E-state index in [1.807, 2.05) is 24.3 Å². The minimum atomic E-state index is -0.751. The lowest BCUT2D eigenvalue weighted by Crippen LogP contribution is -2.48. The quantitative estimate of drug-likeness (QED) is 0.785. The maximum Gasteiger partial charge on any atom is 0.218 e. The van der Waals surface area contributed by atoms with Gasteiger partial charge in [0.25, 0.3) is 0 Å². The van der Waals surface area contributed by atoms with Crippen LogP contribution in [0.1, 0.15) is 12.5 Å². The van der Waals surface area contributed by atoms with E-state index in [1.165, 1.54) is 0 Å². The maximum atomic E-state index is 12.8. The fourth-order valence-electron chi connectivity index (χ4n) is 4.74. The van der Waals surface area contributed by atoms with E-state index in [0.717, 1.165) is 11.3 Å². The van der Waals surface area contributed by atoms with E-state index in [9.17, 15) is 9.59 Å². The van der Waals surface area contributed by atoms with Gasteiger partial charge < -0.3 is 14.4 Å². The third-order valence-corrected chi connectivity index (χ3v) is 5.57. The molecule has 2 bridgehead atoms. The van der Waals surface area contributed by atoms with Crippen LogP contribution in [0.25, 0.3) is 6.08 Å². The number of hydrogen-bond donors (Lipinski definition) is 0. The fraction of sp³-hybridized carbons (Fsp3) is 0.444. The van der Waals surface area contributed by atoms with Crippen LogP contribution in [0.3, 0.4) is 0 Å². The molecule has 0 unspecified atom stereocenters. The monoisotopic (exact) mass is 311 g/mol. The van der Waals surface area contributed by atoms with Crippen molar-refractivity contribution < 1.29 is 19.1 Å². The number of nitrogens with zero attached hydrogens (tertiary/aromatic N) is 1. The van der Waals surface area contributed by atoms with E-state index in [4.69, 9.17) is 9.47 Å². The number of Topliss-reactive ketones (excluding diaryl/α,β-unsaturated/α-hetero) is 2. The molecule has 0 spiro atoms. The number of benzene rings is 1. The van der Waals surface area contributed by atoms with Crippen LogP contribution >= 0.6 is 0 Å². The molecule has 5 rings (SSSR count). The lowest BCUT2D eigenvalue weighted by molar-refractivity contribution is -0.164. The number of carbonyl (C=O) groups is 2. The van der Waals surface area contributed by atoms with Crippen LogP contribution < -0.4 is 4.90 Å². The topological polar surface area (TPSA) is 55.8 Å². The summed E-state index contributed by atoms with van der Waals surface area (Å²) in [5.41, 5.74) is 2.11. The van der Waals surface area contributed by atoms with Gasteiger partial charge in [0.05, 0.1) is 30.7 Å². The first-order valence-electron chi connectivity index (χ1n) is 8.03. The van der Waals surface area contributed by atoms with Gasteiger partial charge in [0, 0.05) is 11.6 Å². The molecule has 118 valence electrons. The number of hydrogen-bond acceptors (Lipinski definition) is 5. The normalized spacial score (nSPS) is 39.9. The van der Waals surface area contributed by atoms with Crippen molar-refractivity contribution >= 4 is 23.3 Å². The predicted molar refractivity (Wildman–Crippen MR) is 82.8 cm³/mol. The molecular formula is C18H17NO4. The Balaban J connectivity index is 1.69. The van der Waals surface area contributed by atoms with Crippen LogP contribution in [0.2, 0.25) is 0 Å². The summed E-state index contributed by atoms with van der Waals surface area (Å²) in [7, 11) is 0. The molecule has 0 N–H and O–H groups in total. The smallest absolute Gasteiger partial charge is 0.218 e. The van der Waals surface area contributed by atoms with Crippen molar-refractivity contribution in [3.05, 3.63) is 35.9 Å². The van der Waals surface area contributed by atoms with Gasteiger partial charge in [-0.15, -0.1) is 0 Å². The van der Waals surface area contributed by atoms with Crippen LogP contribution in [0.5, 0.6) is 0 Å². The van der Waals surface area contributed by atoms with Gasteiger partial charge in [0.1, 0.15) is 0 Å². The molecule has 3 saturated heterocycles. The number of para-hydroxylation sites is 1. The Bertz CT molecular complexity index is 742. The van der Waals surface area contributed by atoms with Gasteiger partial charge in [0.15, 0.2) is 11.6 Å². The Labute approximate surface area is 133 Å². The molecule has 0 aliphatic carbocycles. The van der Waals surface area contributed by atoms with Crippen molar-refractivity contribution in [3.8, 4) is 0 Å². The highest BCUT2D eigenvalue weighted by Crippen LogP contribution is 2.50. The van der Waals surface area contributed by atoms with E-state index in [0.29, 0.717) is 6.61 Å². The largest absolute Gasteiger partial charge is 0.353 e. The molecule has 0 aromatic heterocycles. The van der Waals surface area contributed by atoms with Gasteiger partial charge in [-0.2, -0.15) is 0 Å². The van der Waals surface area contributed by atoms with Gasteiger partial charge in [-0.3, -0.25) is 9.59 Å². The van der Waals surface area contributed by atoms with E-state index in [1.54, 1.807) is 6.92 Å². The van der Waals surface area contributed by atoms with E-state index in [2.05, 4.69) is 17.1 Å². The third kappa shape index (κ3) is 1.64. The number of carbonyl (C=O) groups excluding carboxylic acids is 2. The van der Waals surface area contributed by atoms with Crippen molar-refractivity contribution in [3.63, 3.8) is 0 Å². The molecule has 5 nitrogen and oxygen atoms in total. The Morgan fingerprint density at radius 2 is 2.13 bits per heavy atom. The Morgan fingerprint density at radius 3 is 2.96 bits per heavy atom. The molecule has 4 aliphatic rings. The lowest BCUT2D eigenvalue weighted by Gasteiger charge is -2.35. The molecule has 1 aromatic rings. The number of anilines is 1. The Hall–Kier alpha value is -1.98. The van der Waals surface area contributed by atoms with E-state index >= 15 is 0 Å². The summed E-state index contributed by atoms with van der Waals surface area (Å²) >= 11 is 0. The van der Waals surface area contributed by atoms with Gasteiger partial charge in [0.2, 0.25) is 6.29 Å². The molecule has 0 amide bonds. The lowest BCUT2D eigenvalue weighted by atomic mass is 9.78. The summed E-state index contributed by atoms with van der Waals surface area (Å²) in [6.07, 6.45) is 3.19. The predicted octanol–water partition coefficient (Wildman–Crippen LogP) is 1.42. The number of ether oxygens (including phenoxy) is 2. The van der Waals surface area contributed by atoms with Crippen LogP contribution in [0.15, 0.2) is 30.3 Å². The molecule has 4 heterocycles. The molecule has 3 fully saturated rings. The van der Waals surface area contributed by atoms with E-state index in [-0.39, 0.29) is 41.6 Å². The first-order chi connectivity index (χ1) is 11.2. The maximum absolute atomic E-state index is 12.8. The highest BCUT2D eigenvalue weighted by molar-refractivity contribution is 5.95. The van der Waals surface area contributed by atoms with Gasteiger partial charge in [-0.05, 0) is 18.6 Å². The summed E-state index contributed by atoms with van der Waals surface area (Å²) in [4.78, 5) is 27.4. The molecule has 1 aromatic carbocycles. The van der Waals surface area contributed by atoms with Crippen molar-refractivity contribution in [2.45, 2.75) is 31.4 Å². The summed E-state index contributed by atoms with van der Waals surface area (Å²) in [6, 6.07) is 7.59. The zero-order valence-corrected chi connectivity index (χ0v) is 12.7. The number of fused-ring (bicyclic) bond motifs is 8. The first-order valence-corrected chi connectivity index (χ1v) is 8.03.